The number of thioether (sulfide) groups is 1. The molecule has 24 heavy (non-hydrogen) atoms. The Hall–Kier alpha value is -0.660. The van der Waals surface area contributed by atoms with E-state index in [0.29, 0.717) is 0 Å². The SMILES string of the molecule is CCN(CC)CCSc1ccnc2cc(Cl)ccc12.O=P(O)(O)O. The first-order valence-corrected chi connectivity index (χ1v) is 10.3. The lowest BCUT2D eigenvalue weighted by Crippen LogP contribution is -2.25. The Labute approximate surface area is 151 Å². The standard InChI is InChI=1S/C15H19ClN2S.H3O4P/c1-3-18(4-2)9-10-19-15-7-8-17-14-11-12(16)5-6-13(14)15;1-5(2,3)4/h5-8,11H,3-4,9-10H2,1-2H3;(H3,1,2,3,4). The van der Waals surface area contributed by atoms with E-state index in [4.69, 9.17) is 30.8 Å². The Morgan fingerprint density at radius 3 is 2.42 bits per heavy atom. The molecule has 0 aliphatic carbocycles. The van der Waals surface area contributed by atoms with Gasteiger partial charge in [-0.2, -0.15) is 0 Å². The number of rotatable bonds is 6. The van der Waals surface area contributed by atoms with Gasteiger partial charge >= 0.3 is 7.82 Å². The molecular weight excluding hydrogens is 371 g/mol. The summed E-state index contributed by atoms with van der Waals surface area (Å²) in [5, 5.41) is 1.93. The van der Waals surface area contributed by atoms with Gasteiger partial charge in [-0.05, 0) is 31.3 Å². The van der Waals surface area contributed by atoms with Crippen molar-refractivity contribution in [1.29, 1.82) is 0 Å². The van der Waals surface area contributed by atoms with Gasteiger partial charge in [0.15, 0.2) is 0 Å². The van der Waals surface area contributed by atoms with E-state index in [1.54, 1.807) is 0 Å². The molecule has 1 aromatic carbocycles. The first-order chi connectivity index (χ1) is 11.2. The molecule has 0 radical (unpaired) electrons. The molecule has 0 aliphatic heterocycles. The van der Waals surface area contributed by atoms with Gasteiger partial charge in [-0.15, -0.1) is 11.8 Å². The third-order valence-corrected chi connectivity index (χ3v) is 4.51. The van der Waals surface area contributed by atoms with Crippen molar-refractivity contribution in [3.05, 3.63) is 35.5 Å². The van der Waals surface area contributed by atoms with E-state index in [1.165, 1.54) is 10.3 Å². The van der Waals surface area contributed by atoms with Crippen LogP contribution in [0.1, 0.15) is 13.8 Å². The zero-order valence-electron chi connectivity index (χ0n) is 13.6. The van der Waals surface area contributed by atoms with Crippen LogP contribution in [0.3, 0.4) is 0 Å². The molecule has 0 atom stereocenters. The molecule has 1 heterocycles. The van der Waals surface area contributed by atoms with Crippen LogP contribution in [0.2, 0.25) is 5.02 Å². The zero-order chi connectivity index (χ0) is 18.2. The number of pyridine rings is 1. The number of aromatic nitrogens is 1. The van der Waals surface area contributed by atoms with Gasteiger partial charge in [-0.3, -0.25) is 4.98 Å². The second-order valence-corrected chi connectivity index (χ2v) is 7.46. The molecule has 1 aromatic heterocycles. The first kappa shape index (κ1) is 21.4. The average molecular weight is 393 g/mol. The van der Waals surface area contributed by atoms with Gasteiger partial charge in [0.05, 0.1) is 5.52 Å². The minimum Gasteiger partial charge on any atom is -0.303 e. The molecule has 134 valence electrons. The fraction of sp³-hybridized carbons (Fsp3) is 0.400. The first-order valence-electron chi connectivity index (χ1n) is 7.42. The van der Waals surface area contributed by atoms with Gasteiger partial charge in [-0.25, -0.2) is 4.57 Å². The second-order valence-electron chi connectivity index (χ2n) is 4.86. The van der Waals surface area contributed by atoms with Crippen LogP contribution in [0.15, 0.2) is 35.4 Å². The van der Waals surface area contributed by atoms with Crippen LogP contribution >= 0.6 is 31.2 Å². The Morgan fingerprint density at radius 1 is 1.21 bits per heavy atom. The van der Waals surface area contributed by atoms with E-state index >= 15 is 0 Å². The topological polar surface area (TPSA) is 93.9 Å². The van der Waals surface area contributed by atoms with Crippen LogP contribution in [0.5, 0.6) is 0 Å². The summed E-state index contributed by atoms with van der Waals surface area (Å²) in [6.07, 6.45) is 1.86. The Bertz CT molecular complexity index is 686. The Morgan fingerprint density at radius 2 is 1.83 bits per heavy atom. The van der Waals surface area contributed by atoms with Crippen molar-refractivity contribution in [1.82, 2.24) is 9.88 Å². The van der Waals surface area contributed by atoms with Gasteiger partial charge in [-0.1, -0.05) is 31.5 Å². The lowest BCUT2D eigenvalue weighted by atomic mass is 10.2. The monoisotopic (exact) mass is 392 g/mol. The predicted molar refractivity (Wildman–Crippen MR) is 99.5 cm³/mol. The number of fused-ring (bicyclic) bond motifs is 1. The summed E-state index contributed by atoms with van der Waals surface area (Å²) in [5.41, 5.74) is 0.973. The molecule has 0 bridgehead atoms. The van der Waals surface area contributed by atoms with E-state index in [-0.39, 0.29) is 0 Å². The maximum absolute atomic E-state index is 8.88. The molecule has 0 saturated carbocycles. The highest BCUT2D eigenvalue weighted by Crippen LogP contribution is 2.28. The van der Waals surface area contributed by atoms with Crippen molar-refractivity contribution < 1.29 is 19.2 Å². The summed E-state index contributed by atoms with van der Waals surface area (Å²) in [4.78, 5) is 29.7. The number of benzene rings is 1. The van der Waals surface area contributed by atoms with Gasteiger partial charge in [0.25, 0.3) is 0 Å². The number of phosphoric acid groups is 1. The van der Waals surface area contributed by atoms with Crippen molar-refractivity contribution >= 4 is 42.1 Å². The largest absolute Gasteiger partial charge is 0.466 e. The minimum absolute atomic E-state index is 0.741. The van der Waals surface area contributed by atoms with E-state index < -0.39 is 7.82 Å². The summed E-state index contributed by atoms with van der Waals surface area (Å²) in [5.74, 6) is 1.10. The molecule has 6 nitrogen and oxygen atoms in total. The third-order valence-electron chi connectivity index (χ3n) is 3.22. The number of nitrogens with zero attached hydrogens (tertiary/aromatic N) is 2. The van der Waals surface area contributed by atoms with Crippen LogP contribution < -0.4 is 0 Å². The molecule has 3 N–H and O–H groups in total. The lowest BCUT2D eigenvalue weighted by Gasteiger charge is -2.17. The highest BCUT2D eigenvalue weighted by Gasteiger charge is 2.05. The molecule has 0 fully saturated rings. The second kappa shape index (κ2) is 10.4. The normalized spacial score (nSPS) is 11.5. The van der Waals surface area contributed by atoms with Gasteiger partial charge in [0, 0.05) is 33.8 Å². The zero-order valence-corrected chi connectivity index (χ0v) is 16.1. The van der Waals surface area contributed by atoms with Crippen molar-refractivity contribution in [3.63, 3.8) is 0 Å². The Kier molecular flexibility index (Phi) is 9.23. The van der Waals surface area contributed by atoms with Crippen molar-refractivity contribution in [2.45, 2.75) is 18.7 Å². The maximum Gasteiger partial charge on any atom is 0.466 e. The number of hydrogen-bond acceptors (Lipinski definition) is 4. The molecule has 9 heteroatoms. The van der Waals surface area contributed by atoms with Crippen LogP contribution in [-0.4, -0.2) is 50.0 Å². The Balaban J connectivity index is 0.000000505. The van der Waals surface area contributed by atoms with E-state index in [2.05, 4.69) is 35.9 Å². The third kappa shape index (κ3) is 8.44. The summed E-state index contributed by atoms with van der Waals surface area (Å²) < 4.78 is 8.88. The molecule has 0 amide bonds. The van der Waals surface area contributed by atoms with Crippen LogP contribution in [0.4, 0.5) is 0 Å². The average Bonchev–Trinajstić information content (AvgIpc) is 2.49. The molecule has 0 unspecified atom stereocenters. The van der Waals surface area contributed by atoms with Gasteiger partial charge in [0.1, 0.15) is 0 Å². The van der Waals surface area contributed by atoms with Crippen LogP contribution in [0.25, 0.3) is 10.9 Å². The lowest BCUT2D eigenvalue weighted by molar-refractivity contribution is 0.275. The number of halogens is 1. The van der Waals surface area contributed by atoms with E-state index in [9.17, 15) is 0 Å². The van der Waals surface area contributed by atoms with Gasteiger partial charge < -0.3 is 19.6 Å². The van der Waals surface area contributed by atoms with E-state index in [0.717, 1.165) is 35.9 Å². The molecule has 0 spiro atoms. The predicted octanol–water partition coefficient (Wildman–Crippen LogP) is 3.39. The molecule has 0 aliphatic rings. The van der Waals surface area contributed by atoms with Crippen molar-refractivity contribution in [2.75, 3.05) is 25.4 Å². The fourth-order valence-electron chi connectivity index (χ4n) is 2.05. The van der Waals surface area contributed by atoms with Crippen molar-refractivity contribution in [2.24, 2.45) is 0 Å². The smallest absolute Gasteiger partial charge is 0.303 e. The molecular formula is C15H22ClN2O4PS. The highest BCUT2D eigenvalue weighted by atomic mass is 35.5. The molecule has 0 saturated heterocycles. The molecule has 2 aromatic rings. The van der Waals surface area contributed by atoms with Crippen molar-refractivity contribution in [3.8, 4) is 0 Å². The molecule has 2 rings (SSSR count). The van der Waals surface area contributed by atoms with Gasteiger partial charge in [0.2, 0.25) is 0 Å². The highest BCUT2D eigenvalue weighted by molar-refractivity contribution is 7.99. The van der Waals surface area contributed by atoms with Crippen LogP contribution in [0, 0.1) is 0 Å². The minimum atomic E-state index is -4.64. The quantitative estimate of drug-likeness (QED) is 0.512. The van der Waals surface area contributed by atoms with E-state index in [1.807, 2.05) is 30.1 Å². The summed E-state index contributed by atoms with van der Waals surface area (Å²) >= 11 is 7.89. The fourth-order valence-corrected chi connectivity index (χ4v) is 3.27. The van der Waals surface area contributed by atoms with Crippen LogP contribution in [-0.2, 0) is 4.57 Å². The maximum atomic E-state index is 8.88. The summed E-state index contributed by atoms with van der Waals surface area (Å²) in [6.45, 7) is 7.76. The summed E-state index contributed by atoms with van der Waals surface area (Å²) in [7, 11) is -4.64. The number of hydrogen-bond donors (Lipinski definition) is 3. The summed E-state index contributed by atoms with van der Waals surface area (Å²) in [6, 6.07) is 8.00.